The lowest BCUT2D eigenvalue weighted by atomic mass is 9.70. The molecule has 1 saturated carbocycles. The molecular formula is C26H38O. The van der Waals surface area contributed by atoms with E-state index in [1.165, 1.54) is 55.9 Å². The lowest BCUT2D eigenvalue weighted by molar-refractivity contribution is 0.163. The highest BCUT2D eigenvalue weighted by Crippen LogP contribution is 2.40. The molecule has 27 heavy (non-hydrogen) atoms. The minimum Gasteiger partial charge on any atom is -0.508 e. The molecule has 2 aromatic carbocycles. The van der Waals surface area contributed by atoms with Crippen molar-refractivity contribution in [2.45, 2.75) is 78.6 Å². The second kappa shape index (κ2) is 9.13. The SMILES string of the molecule is CCC(CCC(C)c1ccc2cc(O)ccc2c1)C1CCC(C(C)C)CC1. The predicted octanol–water partition coefficient (Wildman–Crippen LogP) is 7.92. The van der Waals surface area contributed by atoms with Crippen LogP contribution in [0, 0.1) is 23.7 Å². The molecule has 0 aliphatic heterocycles. The maximum Gasteiger partial charge on any atom is 0.116 e. The molecule has 1 aliphatic carbocycles. The summed E-state index contributed by atoms with van der Waals surface area (Å²) in [5.41, 5.74) is 1.44. The van der Waals surface area contributed by atoms with E-state index in [2.05, 4.69) is 45.9 Å². The molecule has 2 atom stereocenters. The van der Waals surface area contributed by atoms with Crippen LogP contribution in [0.15, 0.2) is 36.4 Å². The summed E-state index contributed by atoms with van der Waals surface area (Å²) in [5, 5.41) is 12.0. The zero-order chi connectivity index (χ0) is 19.4. The van der Waals surface area contributed by atoms with Gasteiger partial charge in [0.2, 0.25) is 0 Å². The van der Waals surface area contributed by atoms with Crippen molar-refractivity contribution in [2.75, 3.05) is 0 Å². The van der Waals surface area contributed by atoms with E-state index in [9.17, 15) is 5.11 Å². The summed E-state index contributed by atoms with van der Waals surface area (Å²) in [6, 6.07) is 12.4. The van der Waals surface area contributed by atoms with Crippen molar-refractivity contribution in [3.05, 3.63) is 42.0 Å². The molecule has 1 aliphatic rings. The summed E-state index contributed by atoms with van der Waals surface area (Å²) in [6.07, 6.45) is 9.79. The van der Waals surface area contributed by atoms with E-state index in [1.54, 1.807) is 6.07 Å². The fourth-order valence-electron chi connectivity index (χ4n) is 5.25. The molecular weight excluding hydrogens is 328 g/mol. The molecule has 2 unspecified atom stereocenters. The monoisotopic (exact) mass is 366 g/mol. The van der Waals surface area contributed by atoms with Crippen LogP contribution in [0.25, 0.3) is 10.8 Å². The van der Waals surface area contributed by atoms with Crippen LogP contribution in [0.4, 0.5) is 0 Å². The van der Waals surface area contributed by atoms with E-state index in [-0.39, 0.29) is 0 Å². The fraction of sp³-hybridized carbons (Fsp3) is 0.615. The van der Waals surface area contributed by atoms with Crippen LogP contribution in [-0.4, -0.2) is 5.11 Å². The van der Waals surface area contributed by atoms with E-state index < -0.39 is 0 Å². The molecule has 1 nitrogen and oxygen atoms in total. The fourth-order valence-corrected chi connectivity index (χ4v) is 5.25. The number of hydrogen-bond acceptors (Lipinski definition) is 1. The molecule has 148 valence electrons. The van der Waals surface area contributed by atoms with E-state index in [0.29, 0.717) is 11.7 Å². The zero-order valence-electron chi connectivity index (χ0n) is 17.7. The molecule has 1 fully saturated rings. The largest absolute Gasteiger partial charge is 0.508 e. The molecule has 3 rings (SSSR count). The second-order valence-electron chi connectivity index (χ2n) is 9.36. The number of rotatable bonds is 7. The summed E-state index contributed by atoms with van der Waals surface area (Å²) in [6.45, 7) is 9.57. The van der Waals surface area contributed by atoms with Crippen LogP contribution < -0.4 is 0 Å². The van der Waals surface area contributed by atoms with Crippen molar-refractivity contribution in [3.8, 4) is 5.75 Å². The lowest BCUT2D eigenvalue weighted by Crippen LogP contribution is -2.24. The molecule has 1 heteroatoms. The summed E-state index contributed by atoms with van der Waals surface area (Å²) in [7, 11) is 0. The van der Waals surface area contributed by atoms with Gasteiger partial charge in [0.1, 0.15) is 5.75 Å². The number of fused-ring (bicyclic) bond motifs is 1. The van der Waals surface area contributed by atoms with Crippen molar-refractivity contribution in [1.29, 1.82) is 0 Å². The predicted molar refractivity (Wildman–Crippen MR) is 117 cm³/mol. The van der Waals surface area contributed by atoms with Crippen LogP contribution in [0.5, 0.6) is 5.75 Å². The number of phenols is 1. The molecule has 0 radical (unpaired) electrons. The number of aromatic hydroxyl groups is 1. The Morgan fingerprint density at radius 3 is 2.15 bits per heavy atom. The summed E-state index contributed by atoms with van der Waals surface area (Å²) < 4.78 is 0. The maximum atomic E-state index is 9.65. The van der Waals surface area contributed by atoms with Crippen LogP contribution in [0.3, 0.4) is 0 Å². The van der Waals surface area contributed by atoms with Crippen LogP contribution in [0.2, 0.25) is 0 Å². The number of hydrogen-bond donors (Lipinski definition) is 1. The average molecular weight is 367 g/mol. The first-order valence-electron chi connectivity index (χ1n) is 11.2. The van der Waals surface area contributed by atoms with Gasteiger partial charge in [0.05, 0.1) is 0 Å². The summed E-state index contributed by atoms with van der Waals surface area (Å²) in [5.74, 6) is 4.64. The van der Waals surface area contributed by atoms with Crippen molar-refractivity contribution in [2.24, 2.45) is 23.7 Å². The topological polar surface area (TPSA) is 20.2 Å². The highest BCUT2D eigenvalue weighted by molar-refractivity contribution is 5.84. The van der Waals surface area contributed by atoms with Gasteiger partial charge in [-0.3, -0.25) is 0 Å². The first-order valence-corrected chi connectivity index (χ1v) is 11.2. The Hall–Kier alpha value is -1.50. The van der Waals surface area contributed by atoms with Gasteiger partial charge < -0.3 is 5.11 Å². The number of benzene rings is 2. The van der Waals surface area contributed by atoms with Gasteiger partial charge in [-0.2, -0.15) is 0 Å². The zero-order valence-corrected chi connectivity index (χ0v) is 17.7. The van der Waals surface area contributed by atoms with Crippen molar-refractivity contribution in [3.63, 3.8) is 0 Å². The van der Waals surface area contributed by atoms with Gasteiger partial charge in [0, 0.05) is 0 Å². The van der Waals surface area contributed by atoms with Crippen LogP contribution >= 0.6 is 0 Å². The third-order valence-corrected chi connectivity index (χ3v) is 7.34. The smallest absolute Gasteiger partial charge is 0.116 e. The molecule has 1 N–H and O–H groups in total. The molecule has 0 saturated heterocycles. The molecule has 0 amide bonds. The van der Waals surface area contributed by atoms with Gasteiger partial charge in [-0.05, 0) is 96.6 Å². The molecule has 0 aromatic heterocycles. The Morgan fingerprint density at radius 1 is 0.852 bits per heavy atom. The molecule has 2 aromatic rings. The standard InChI is InChI=1S/C26H38O/c1-5-20(22-10-8-21(9-11-22)18(2)3)7-6-19(4)23-12-13-25-17-26(27)15-14-24(25)16-23/h12-22,27H,5-11H2,1-4H3. The molecule has 0 spiro atoms. The third kappa shape index (κ3) is 5.06. The minimum absolute atomic E-state index is 0.348. The van der Waals surface area contributed by atoms with Gasteiger partial charge in [-0.15, -0.1) is 0 Å². The van der Waals surface area contributed by atoms with Crippen LogP contribution in [-0.2, 0) is 0 Å². The van der Waals surface area contributed by atoms with Gasteiger partial charge in [0.25, 0.3) is 0 Å². The first-order chi connectivity index (χ1) is 13.0. The van der Waals surface area contributed by atoms with Gasteiger partial charge in [-0.25, -0.2) is 0 Å². The van der Waals surface area contributed by atoms with Gasteiger partial charge >= 0.3 is 0 Å². The van der Waals surface area contributed by atoms with Crippen molar-refractivity contribution < 1.29 is 5.11 Å². The van der Waals surface area contributed by atoms with Crippen LogP contribution in [0.1, 0.15) is 84.1 Å². The van der Waals surface area contributed by atoms with Crippen molar-refractivity contribution >= 4 is 10.8 Å². The highest BCUT2D eigenvalue weighted by atomic mass is 16.3. The average Bonchev–Trinajstić information content (AvgIpc) is 2.68. The first kappa shape index (κ1) is 20.2. The summed E-state index contributed by atoms with van der Waals surface area (Å²) >= 11 is 0. The Bertz CT molecular complexity index is 724. The quantitative estimate of drug-likeness (QED) is 0.527. The normalized spacial score (nSPS) is 22.9. The van der Waals surface area contributed by atoms with E-state index in [0.717, 1.165) is 29.1 Å². The van der Waals surface area contributed by atoms with Gasteiger partial charge in [0.15, 0.2) is 0 Å². The Kier molecular flexibility index (Phi) is 6.84. The maximum absolute atomic E-state index is 9.65. The van der Waals surface area contributed by atoms with Crippen molar-refractivity contribution in [1.82, 2.24) is 0 Å². The Labute approximate surface area is 166 Å². The minimum atomic E-state index is 0.348. The van der Waals surface area contributed by atoms with E-state index in [4.69, 9.17) is 0 Å². The second-order valence-corrected chi connectivity index (χ2v) is 9.36. The Morgan fingerprint density at radius 2 is 1.48 bits per heavy atom. The van der Waals surface area contributed by atoms with Gasteiger partial charge in [-0.1, -0.05) is 58.4 Å². The molecule has 0 heterocycles. The Balaban J connectivity index is 1.57. The third-order valence-electron chi connectivity index (χ3n) is 7.34. The highest BCUT2D eigenvalue weighted by Gasteiger charge is 2.28. The lowest BCUT2D eigenvalue weighted by Gasteiger charge is -2.35. The van der Waals surface area contributed by atoms with E-state index >= 15 is 0 Å². The summed E-state index contributed by atoms with van der Waals surface area (Å²) in [4.78, 5) is 0. The molecule has 0 bridgehead atoms. The number of phenolic OH excluding ortho intramolecular Hbond substituents is 1. The van der Waals surface area contributed by atoms with E-state index in [1.807, 2.05) is 12.1 Å².